The maximum atomic E-state index is 13.5. The zero-order valence-electron chi connectivity index (χ0n) is 15.7. The predicted molar refractivity (Wildman–Crippen MR) is 106 cm³/mol. The number of ether oxygens (including phenoxy) is 1. The second kappa shape index (κ2) is 8.68. The molecule has 3 rings (SSSR count). The van der Waals surface area contributed by atoms with Gasteiger partial charge < -0.3 is 4.74 Å². The Hall–Kier alpha value is -2.49. The Bertz CT molecular complexity index is 928. The van der Waals surface area contributed by atoms with E-state index in [0.29, 0.717) is 31.0 Å². The lowest BCUT2D eigenvalue weighted by Crippen LogP contribution is -2.43. The van der Waals surface area contributed by atoms with Gasteiger partial charge in [0.05, 0.1) is 23.8 Å². The van der Waals surface area contributed by atoms with Crippen molar-refractivity contribution in [1.29, 1.82) is 0 Å². The van der Waals surface area contributed by atoms with Gasteiger partial charge in [-0.3, -0.25) is 19.3 Å². The molecule has 1 heterocycles. The summed E-state index contributed by atoms with van der Waals surface area (Å²) in [5, 5.41) is 11.5. The van der Waals surface area contributed by atoms with Gasteiger partial charge in [-0.25, -0.2) is 8.42 Å². The molecule has 0 N–H and O–H groups in total. The molecule has 28 heavy (non-hydrogen) atoms. The number of hydrogen-bond donors (Lipinski definition) is 0. The first-order valence-electron chi connectivity index (χ1n) is 9.03. The third-order valence-corrected chi connectivity index (χ3v) is 6.72. The van der Waals surface area contributed by atoms with Crippen molar-refractivity contribution < 1.29 is 18.1 Å². The van der Waals surface area contributed by atoms with E-state index in [0.717, 1.165) is 13.1 Å². The van der Waals surface area contributed by atoms with Crippen LogP contribution >= 0.6 is 0 Å². The van der Waals surface area contributed by atoms with Crippen LogP contribution < -0.4 is 4.31 Å². The maximum Gasteiger partial charge on any atom is 0.290 e. The van der Waals surface area contributed by atoms with E-state index in [2.05, 4.69) is 4.90 Å². The van der Waals surface area contributed by atoms with Crippen LogP contribution in [0, 0.1) is 17.0 Å². The van der Waals surface area contributed by atoms with Crippen molar-refractivity contribution >= 4 is 21.4 Å². The number of aryl methyl sites for hydroxylation is 1. The Labute approximate surface area is 164 Å². The highest BCUT2D eigenvalue weighted by Gasteiger charge is 2.33. The van der Waals surface area contributed by atoms with Crippen molar-refractivity contribution in [3.8, 4) is 0 Å². The minimum absolute atomic E-state index is 0.192. The minimum atomic E-state index is -4.13. The van der Waals surface area contributed by atoms with Crippen LogP contribution in [0.15, 0.2) is 53.4 Å². The molecule has 0 aromatic heterocycles. The average Bonchev–Trinajstić information content (AvgIpc) is 2.69. The molecule has 2 aromatic rings. The van der Waals surface area contributed by atoms with Gasteiger partial charge in [0.2, 0.25) is 0 Å². The third-order valence-electron chi connectivity index (χ3n) is 4.70. The molecule has 0 saturated carbocycles. The second-order valence-corrected chi connectivity index (χ2v) is 8.35. The van der Waals surface area contributed by atoms with Crippen molar-refractivity contribution in [3.05, 3.63) is 64.2 Å². The molecule has 9 heteroatoms. The SMILES string of the molecule is Cc1cccc([N+](=O)[O-])c1S(=O)(=O)N(CCN1CCOCC1)c1ccccc1. The van der Waals surface area contributed by atoms with Gasteiger partial charge in [0.25, 0.3) is 15.7 Å². The minimum Gasteiger partial charge on any atom is -0.379 e. The summed E-state index contributed by atoms with van der Waals surface area (Å²) in [6, 6.07) is 13.0. The van der Waals surface area contributed by atoms with Crippen LogP contribution in [0.5, 0.6) is 0 Å². The largest absolute Gasteiger partial charge is 0.379 e. The number of morpholine rings is 1. The van der Waals surface area contributed by atoms with Crippen LogP contribution in [0.25, 0.3) is 0 Å². The highest BCUT2D eigenvalue weighted by molar-refractivity contribution is 7.93. The number of hydrogen-bond acceptors (Lipinski definition) is 6. The predicted octanol–water partition coefficient (Wildman–Crippen LogP) is 2.43. The van der Waals surface area contributed by atoms with Crippen molar-refractivity contribution in [2.45, 2.75) is 11.8 Å². The Morgan fingerprint density at radius 1 is 1.11 bits per heavy atom. The first kappa shape index (κ1) is 20.2. The van der Waals surface area contributed by atoms with Gasteiger partial charge in [0.15, 0.2) is 4.90 Å². The van der Waals surface area contributed by atoms with E-state index in [1.54, 1.807) is 43.3 Å². The van der Waals surface area contributed by atoms with Crippen LogP contribution in [0.3, 0.4) is 0 Å². The summed E-state index contributed by atoms with van der Waals surface area (Å²) < 4.78 is 33.7. The van der Waals surface area contributed by atoms with Crippen molar-refractivity contribution in [1.82, 2.24) is 4.90 Å². The van der Waals surface area contributed by atoms with Crippen molar-refractivity contribution in [3.63, 3.8) is 0 Å². The van der Waals surface area contributed by atoms with Crippen LogP contribution in [0.4, 0.5) is 11.4 Å². The van der Waals surface area contributed by atoms with E-state index in [1.807, 2.05) is 0 Å². The highest BCUT2D eigenvalue weighted by atomic mass is 32.2. The quantitative estimate of drug-likeness (QED) is 0.519. The molecule has 0 spiro atoms. The van der Waals surface area contributed by atoms with Gasteiger partial charge in [-0.1, -0.05) is 30.3 Å². The van der Waals surface area contributed by atoms with Gasteiger partial charge in [-0.05, 0) is 24.6 Å². The normalized spacial score (nSPS) is 15.3. The fraction of sp³-hybridized carbons (Fsp3) is 0.368. The average molecular weight is 405 g/mol. The van der Waals surface area contributed by atoms with Gasteiger partial charge in [-0.15, -0.1) is 0 Å². The Kier molecular flexibility index (Phi) is 6.28. The number of rotatable bonds is 7. The summed E-state index contributed by atoms with van der Waals surface area (Å²) in [6.45, 7) is 4.96. The number of nitro benzene ring substituents is 1. The molecule has 8 nitrogen and oxygen atoms in total. The molecule has 1 saturated heterocycles. The van der Waals surface area contributed by atoms with E-state index in [1.165, 1.54) is 16.4 Å². The lowest BCUT2D eigenvalue weighted by atomic mass is 10.2. The molecule has 0 bridgehead atoms. The molecule has 0 atom stereocenters. The van der Waals surface area contributed by atoms with Crippen molar-refractivity contribution in [2.75, 3.05) is 43.7 Å². The molecule has 0 amide bonds. The first-order chi connectivity index (χ1) is 13.4. The van der Waals surface area contributed by atoms with Crippen LogP contribution in [-0.4, -0.2) is 57.6 Å². The molecule has 1 aliphatic heterocycles. The molecule has 0 unspecified atom stereocenters. The smallest absolute Gasteiger partial charge is 0.290 e. The summed E-state index contributed by atoms with van der Waals surface area (Å²) in [5.74, 6) is 0. The van der Waals surface area contributed by atoms with Gasteiger partial charge >= 0.3 is 0 Å². The Morgan fingerprint density at radius 2 is 1.79 bits per heavy atom. The van der Waals surface area contributed by atoms with Crippen LogP contribution in [0.1, 0.15) is 5.56 Å². The second-order valence-electron chi connectivity index (χ2n) is 6.55. The summed E-state index contributed by atoms with van der Waals surface area (Å²) in [7, 11) is -4.13. The number of para-hydroxylation sites is 1. The summed E-state index contributed by atoms with van der Waals surface area (Å²) in [6.07, 6.45) is 0. The zero-order chi connectivity index (χ0) is 20.1. The molecular weight excluding hydrogens is 382 g/mol. The van der Waals surface area contributed by atoms with E-state index in [9.17, 15) is 18.5 Å². The molecule has 0 radical (unpaired) electrons. The summed E-state index contributed by atoms with van der Waals surface area (Å²) in [4.78, 5) is 12.7. The van der Waals surface area contributed by atoms with Gasteiger partial charge in [0.1, 0.15) is 0 Å². The number of nitro groups is 1. The fourth-order valence-corrected chi connectivity index (χ4v) is 5.09. The number of sulfonamides is 1. The van der Waals surface area contributed by atoms with Crippen LogP contribution in [-0.2, 0) is 14.8 Å². The summed E-state index contributed by atoms with van der Waals surface area (Å²) >= 11 is 0. The fourth-order valence-electron chi connectivity index (χ4n) is 3.27. The van der Waals surface area contributed by atoms with Gasteiger partial charge in [0, 0.05) is 32.2 Å². The van der Waals surface area contributed by atoms with E-state index < -0.39 is 20.6 Å². The Morgan fingerprint density at radius 3 is 2.43 bits per heavy atom. The zero-order valence-corrected chi connectivity index (χ0v) is 16.5. The molecule has 2 aromatic carbocycles. The number of nitrogens with zero attached hydrogens (tertiary/aromatic N) is 3. The van der Waals surface area contributed by atoms with Crippen LogP contribution in [0.2, 0.25) is 0 Å². The molecule has 0 aliphatic carbocycles. The first-order valence-corrected chi connectivity index (χ1v) is 10.5. The van der Waals surface area contributed by atoms with Gasteiger partial charge in [-0.2, -0.15) is 0 Å². The monoisotopic (exact) mass is 405 g/mol. The maximum absolute atomic E-state index is 13.5. The lowest BCUT2D eigenvalue weighted by molar-refractivity contribution is -0.387. The standard InChI is InChI=1S/C19H23N3O5S/c1-16-6-5-9-18(22(23)24)19(16)28(25,26)21(17-7-3-2-4-8-17)11-10-20-12-14-27-15-13-20/h2-9H,10-15H2,1H3. The molecule has 1 fully saturated rings. The molecular formula is C19H23N3O5S. The number of anilines is 1. The third kappa shape index (κ3) is 4.32. The number of benzene rings is 2. The molecule has 1 aliphatic rings. The molecule has 150 valence electrons. The topological polar surface area (TPSA) is 93.0 Å². The van der Waals surface area contributed by atoms with E-state index in [-0.39, 0.29) is 11.4 Å². The van der Waals surface area contributed by atoms with E-state index >= 15 is 0 Å². The van der Waals surface area contributed by atoms with E-state index in [4.69, 9.17) is 4.74 Å². The van der Waals surface area contributed by atoms with Crippen molar-refractivity contribution in [2.24, 2.45) is 0 Å². The lowest BCUT2D eigenvalue weighted by Gasteiger charge is -2.30. The highest BCUT2D eigenvalue weighted by Crippen LogP contribution is 2.32. The summed E-state index contributed by atoms with van der Waals surface area (Å²) in [5.41, 5.74) is 0.419. The Balaban J connectivity index is 2.01.